The first-order valence-corrected chi connectivity index (χ1v) is 7.15. The number of aliphatic hydroxyl groups excluding tert-OH is 1. The van der Waals surface area contributed by atoms with Gasteiger partial charge in [0.25, 0.3) is 0 Å². The number of hydrogen-bond acceptors (Lipinski definition) is 3. The third-order valence-electron chi connectivity index (χ3n) is 3.44. The van der Waals surface area contributed by atoms with Crippen molar-refractivity contribution < 1.29 is 14.6 Å². The fourth-order valence-corrected chi connectivity index (χ4v) is 2.25. The molecule has 0 spiro atoms. The van der Waals surface area contributed by atoms with Crippen LogP contribution in [0.1, 0.15) is 43.9 Å². The summed E-state index contributed by atoms with van der Waals surface area (Å²) in [5.74, 6) is 2.47. The molecule has 2 rings (SSSR count). The van der Waals surface area contributed by atoms with Gasteiger partial charge in [0, 0.05) is 0 Å². The number of ether oxygens (including phenoxy) is 2. The highest BCUT2D eigenvalue weighted by Crippen LogP contribution is 2.36. The first-order chi connectivity index (χ1) is 10.0. The van der Waals surface area contributed by atoms with Crippen LogP contribution >= 0.6 is 0 Å². The second-order valence-electron chi connectivity index (χ2n) is 5.37. The van der Waals surface area contributed by atoms with E-state index < -0.39 is 6.10 Å². The van der Waals surface area contributed by atoms with E-state index in [1.807, 2.05) is 30.3 Å². The Hall–Kier alpha value is -2.00. The van der Waals surface area contributed by atoms with Gasteiger partial charge in [-0.05, 0) is 42.7 Å². The van der Waals surface area contributed by atoms with Crippen molar-refractivity contribution in [2.24, 2.45) is 0 Å². The zero-order valence-corrected chi connectivity index (χ0v) is 13.0. The van der Waals surface area contributed by atoms with Crippen LogP contribution in [0.25, 0.3) is 0 Å². The fraction of sp³-hybridized carbons (Fsp3) is 0.333. The van der Waals surface area contributed by atoms with Crippen molar-refractivity contribution in [1.82, 2.24) is 0 Å². The van der Waals surface area contributed by atoms with E-state index in [9.17, 15) is 5.11 Å². The van der Waals surface area contributed by atoms with Gasteiger partial charge in [-0.3, -0.25) is 0 Å². The summed E-state index contributed by atoms with van der Waals surface area (Å²) in [6, 6.07) is 13.5. The Morgan fingerprint density at radius 2 is 1.52 bits per heavy atom. The fourth-order valence-electron chi connectivity index (χ4n) is 2.25. The number of methoxy groups -OCH3 is 1. The minimum Gasteiger partial charge on any atom is -0.496 e. The Kier molecular flexibility index (Phi) is 4.86. The zero-order chi connectivity index (χ0) is 15.4. The topological polar surface area (TPSA) is 38.7 Å². The molecule has 0 amide bonds. The van der Waals surface area contributed by atoms with Crippen LogP contribution < -0.4 is 9.47 Å². The molecule has 0 radical (unpaired) electrons. The smallest absolute Gasteiger partial charge is 0.136 e. The number of rotatable bonds is 5. The van der Waals surface area contributed by atoms with Gasteiger partial charge in [-0.15, -0.1) is 0 Å². The van der Waals surface area contributed by atoms with Crippen molar-refractivity contribution in [3.8, 4) is 17.2 Å². The first-order valence-electron chi connectivity index (χ1n) is 7.15. The highest BCUT2D eigenvalue weighted by molar-refractivity contribution is 5.48. The lowest BCUT2D eigenvalue weighted by Crippen LogP contribution is -2.00. The summed E-state index contributed by atoms with van der Waals surface area (Å²) in [5.41, 5.74) is 1.93. The molecule has 0 unspecified atom stereocenters. The molecule has 0 aliphatic heterocycles. The lowest BCUT2D eigenvalue weighted by Gasteiger charge is -2.16. The molecule has 21 heavy (non-hydrogen) atoms. The van der Waals surface area contributed by atoms with Crippen molar-refractivity contribution in [2.75, 3.05) is 7.11 Å². The average molecular weight is 286 g/mol. The molecule has 1 N–H and O–H groups in total. The zero-order valence-electron chi connectivity index (χ0n) is 13.0. The molecule has 0 saturated carbocycles. The average Bonchev–Trinajstić information content (AvgIpc) is 2.47. The van der Waals surface area contributed by atoms with Gasteiger partial charge in [0.2, 0.25) is 0 Å². The molecule has 3 nitrogen and oxygen atoms in total. The summed E-state index contributed by atoms with van der Waals surface area (Å²) in [6.07, 6.45) is -0.661. The Morgan fingerprint density at radius 1 is 0.905 bits per heavy atom. The number of hydrogen-bond donors (Lipinski definition) is 1. The van der Waals surface area contributed by atoms with Crippen molar-refractivity contribution in [1.29, 1.82) is 0 Å². The van der Waals surface area contributed by atoms with Crippen LogP contribution in [0.2, 0.25) is 0 Å². The van der Waals surface area contributed by atoms with E-state index in [0.29, 0.717) is 23.0 Å². The normalized spacial score (nSPS) is 12.3. The Morgan fingerprint density at radius 3 is 2.05 bits per heavy atom. The molecule has 0 fully saturated rings. The van der Waals surface area contributed by atoms with Crippen LogP contribution in [-0.2, 0) is 0 Å². The third kappa shape index (κ3) is 3.56. The van der Waals surface area contributed by atoms with Crippen molar-refractivity contribution in [3.05, 3.63) is 53.6 Å². The number of aliphatic hydroxyl groups is 1. The Balaban J connectivity index is 2.30. The van der Waals surface area contributed by atoms with Gasteiger partial charge < -0.3 is 14.6 Å². The summed E-state index contributed by atoms with van der Waals surface area (Å²) in [7, 11) is 1.59. The molecule has 3 heteroatoms. The molecule has 0 saturated heterocycles. The van der Waals surface area contributed by atoms with Gasteiger partial charge in [0.15, 0.2) is 0 Å². The minimum absolute atomic E-state index is 0.490. The molecule has 0 aliphatic rings. The summed E-state index contributed by atoms with van der Waals surface area (Å²) < 4.78 is 11.2. The van der Waals surface area contributed by atoms with Crippen LogP contribution in [0.15, 0.2) is 42.5 Å². The largest absolute Gasteiger partial charge is 0.496 e. The van der Waals surface area contributed by atoms with Gasteiger partial charge in [-0.1, -0.05) is 32.0 Å². The maximum absolute atomic E-state index is 9.95. The molecule has 0 heterocycles. The van der Waals surface area contributed by atoms with Crippen molar-refractivity contribution in [3.63, 3.8) is 0 Å². The summed E-state index contributed by atoms with van der Waals surface area (Å²) in [4.78, 5) is 0. The highest BCUT2D eigenvalue weighted by Gasteiger charge is 2.15. The van der Waals surface area contributed by atoms with Crippen LogP contribution in [0, 0.1) is 0 Å². The predicted octanol–water partition coefficient (Wildman–Crippen LogP) is 4.66. The van der Waals surface area contributed by atoms with E-state index in [4.69, 9.17) is 9.47 Å². The van der Waals surface area contributed by atoms with E-state index in [2.05, 4.69) is 26.0 Å². The van der Waals surface area contributed by atoms with E-state index in [0.717, 1.165) is 5.75 Å². The maximum atomic E-state index is 9.95. The Labute approximate surface area is 126 Å². The summed E-state index contributed by atoms with van der Waals surface area (Å²) in [6.45, 7) is 6.01. The maximum Gasteiger partial charge on any atom is 0.136 e. The molecular weight excluding hydrogens is 264 g/mol. The minimum atomic E-state index is -0.661. The molecule has 0 bridgehead atoms. The second-order valence-corrected chi connectivity index (χ2v) is 5.37. The second kappa shape index (κ2) is 6.64. The van der Waals surface area contributed by atoms with E-state index in [1.165, 1.54) is 5.56 Å². The lowest BCUT2D eigenvalue weighted by molar-refractivity contribution is 0.190. The predicted molar refractivity (Wildman–Crippen MR) is 84.2 cm³/mol. The van der Waals surface area contributed by atoms with Crippen LogP contribution in [0.3, 0.4) is 0 Å². The monoisotopic (exact) mass is 286 g/mol. The van der Waals surface area contributed by atoms with E-state index in [-0.39, 0.29) is 0 Å². The van der Waals surface area contributed by atoms with Crippen LogP contribution in [0.5, 0.6) is 17.2 Å². The standard InChI is InChI=1S/C18H22O3/c1-12(2)14-8-10-15(11-9-14)21-17-7-5-6-16(20-4)18(17)13(3)19/h5-13,19H,1-4H3/t13-/m0/s1. The number of benzene rings is 2. The van der Waals surface area contributed by atoms with Crippen LogP contribution in [0.4, 0.5) is 0 Å². The van der Waals surface area contributed by atoms with Gasteiger partial charge in [0.1, 0.15) is 17.2 Å². The van der Waals surface area contributed by atoms with Crippen LogP contribution in [-0.4, -0.2) is 12.2 Å². The van der Waals surface area contributed by atoms with E-state index in [1.54, 1.807) is 14.0 Å². The van der Waals surface area contributed by atoms with E-state index >= 15 is 0 Å². The molecule has 2 aromatic rings. The third-order valence-corrected chi connectivity index (χ3v) is 3.44. The summed E-state index contributed by atoms with van der Waals surface area (Å²) >= 11 is 0. The molecular formula is C18H22O3. The van der Waals surface area contributed by atoms with Crippen molar-refractivity contribution >= 4 is 0 Å². The Bertz CT molecular complexity index is 586. The molecule has 112 valence electrons. The van der Waals surface area contributed by atoms with Crippen molar-refractivity contribution in [2.45, 2.75) is 32.8 Å². The molecule has 0 aliphatic carbocycles. The molecule has 1 atom stereocenters. The summed E-state index contributed by atoms with van der Waals surface area (Å²) in [5, 5.41) is 9.95. The van der Waals surface area contributed by atoms with Gasteiger partial charge >= 0.3 is 0 Å². The highest BCUT2D eigenvalue weighted by atomic mass is 16.5. The quantitative estimate of drug-likeness (QED) is 0.868. The van der Waals surface area contributed by atoms with Gasteiger partial charge in [-0.25, -0.2) is 0 Å². The van der Waals surface area contributed by atoms with Gasteiger partial charge in [0.05, 0.1) is 18.8 Å². The molecule has 2 aromatic carbocycles. The SMILES string of the molecule is COc1cccc(Oc2ccc(C(C)C)cc2)c1[C@H](C)O. The molecule has 0 aromatic heterocycles. The first kappa shape index (κ1) is 15.4. The van der Waals surface area contributed by atoms with Gasteiger partial charge in [-0.2, -0.15) is 0 Å². The lowest BCUT2D eigenvalue weighted by atomic mass is 10.0.